The minimum absolute atomic E-state index is 0. The van der Waals surface area contributed by atoms with Gasteiger partial charge in [-0.2, -0.15) is 0 Å². The fraction of sp³-hybridized carbons (Fsp3) is 1.00. The molecular formula is C6H17Cl3NTi. The second-order valence-electron chi connectivity index (χ2n) is 1.99. The first-order chi connectivity index (χ1) is 3.81. The third kappa shape index (κ3) is 18.5. The Kier molecular flexibility index (Phi) is 36.6. The van der Waals surface area contributed by atoms with Crippen molar-refractivity contribution in [1.29, 1.82) is 0 Å². The number of rotatable bonds is 4. The summed E-state index contributed by atoms with van der Waals surface area (Å²) in [5, 5.41) is 0. The quantitative estimate of drug-likeness (QED) is 0.700. The van der Waals surface area contributed by atoms with E-state index in [1.54, 1.807) is 0 Å². The van der Waals surface area contributed by atoms with E-state index in [-0.39, 0.29) is 37.2 Å². The van der Waals surface area contributed by atoms with Crippen molar-refractivity contribution in [3.05, 3.63) is 0 Å². The van der Waals surface area contributed by atoms with Crippen molar-refractivity contribution in [1.82, 2.24) is 3.38 Å². The van der Waals surface area contributed by atoms with E-state index in [0.717, 1.165) is 0 Å². The normalized spacial score (nSPS) is 7.45. The van der Waals surface area contributed by atoms with Gasteiger partial charge in [-0.15, -0.1) is 37.2 Å². The molecule has 0 aliphatic carbocycles. The molecular weight excluding hydrogens is 240 g/mol. The number of halogens is 3. The van der Waals surface area contributed by atoms with Gasteiger partial charge in [-0.3, -0.25) is 0 Å². The number of hydrogen-bond donors (Lipinski definition) is 0. The van der Waals surface area contributed by atoms with Crippen LogP contribution in [-0.2, 0) is 20.7 Å². The zero-order valence-electron chi connectivity index (χ0n) is 7.00. The minimum Gasteiger partial charge on any atom is -0.147 e. The monoisotopic (exact) mass is 256 g/mol. The molecule has 11 heavy (non-hydrogen) atoms. The van der Waals surface area contributed by atoms with Crippen LogP contribution in [0.5, 0.6) is 0 Å². The summed E-state index contributed by atoms with van der Waals surface area (Å²) in [6, 6.07) is 0. The molecule has 5 heteroatoms. The molecule has 1 nitrogen and oxygen atoms in total. The van der Waals surface area contributed by atoms with E-state index < -0.39 is 0 Å². The maximum atomic E-state index is 2.36. The average Bonchev–Trinajstić information content (AvgIpc) is 1.68. The van der Waals surface area contributed by atoms with E-state index in [0.29, 0.717) is 0 Å². The fourth-order valence-electron chi connectivity index (χ4n) is 0.652. The smallest absolute Gasteiger partial charge is 0.147 e. The molecule has 0 fully saturated rings. The molecule has 0 radical (unpaired) electrons. The van der Waals surface area contributed by atoms with Crippen molar-refractivity contribution in [3.8, 4) is 0 Å². The Hall–Kier alpha value is 1.54. The molecule has 0 rings (SSSR count). The van der Waals surface area contributed by atoms with Gasteiger partial charge in [0.25, 0.3) is 0 Å². The Morgan fingerprint density at radius 2 is 1.18 bits per heavy atom. The van der Waals surface area contributed by atoms with Crippen LogP contribution in [-0.4, -0.2) is 16.5 Å². The van der Waals surface area contributed by atoms with E-state index in [4.69, 9.17) is 0 Å². The van der Waals surface area contributed by atoms with Crippen LogP contribution in [0.2, 0.25) is 0 Å². The van der Waals surface area contributed by atoms with Crippen LogP contribution < -0.4 is 0 Å². The van der Waals surface area contributed by atoms with Gasteiger partial charge in [0.05, 0.1) is 0 Å². The molecule has 0 aromatic heterocycles. The van der Waals surface area contributed by atoms with Crippen LogP contribution in [0.15, 0.2) is 0 Å². The molecule has 0 atom stereocenters. The average molecular weight is 257 g/mol. The van der Waals surface area contributed by atoms with Crippen LogP contribution in [0, 0.1) is 0 Å². The zero-order chi connectivity index (χ0) is 6.41. The standard InChI is InChI=1S/C6H14N.3ClH.Ti/c1-3-5-7-6-4-2;;;;/h3-6H2,1-2H3;3*1H;/q-1;;;;+1. The van der Waals surface area contributed by atoms with E-state index in [9.17, 15) is 0 Å². The van der Waals surface area contributed by atoms with Gasteiger partial charge in [0.1, 0.15) is 0 Å². The molecule has 0 bridgehead atoms. The molecule has 0 N–H and O–H groups in total. The van der Waals surface area contributed by atoms with E-state index in [1.165, 1.54) is 25.9 Å². The van der Waals surface area contributed by atoms with Crippen molar-refractivity contribution in [2.24, 2.45) is 0 Å². The van der Waals surface area contributed by atoms with Crippen LogP contribution in [0.25, 0.3) is 0 Å². The molecule has 0 aromatic rings. The molecule has 0 heterocycles. The summed E-state index contributed by atoms with van der Waals surface area (Å²) in [5.41, 5.74) is 0. The summed E-state index contributed by atoms with van der Waals surface area (Å²) in [6.07, 6.45) is 2.55. The molecule has 0 aliphatic heterocycles. The predicted octanol–water partition coefficient (Wildman–Crippen LogP) is 2.84. The Labute approximate surface area is 101 Å². The molecule has 0 spiro atoms. The Morgan fingerprint density at radius 3 is 1.36 bits per heavy atom. The summed E-state index contributed by atoms with van der Waals surface area (Å²) in [6.45, 7) is 6.92. The summed E-state index contributed by atoms with van der Waals surface area (Å²) in [4.78, 5) is 0. The first-order valence-electron chi connectivity index (χ1n) is 3.27. The minimum atomic E-state index is 0. The Morgan fingerprint density at radius 1 is 0.909 bits per heavy atom. The Balaban J connectivity index is -0.0000000817. The van der Waals surface area contributed by atoms with Gasteiger partial charge in [-0.25, -0.2) is 0 Å². The Bertz CT molecular complexity index is 51.1. The SMILES string of the molecule is CCC[N]([Ti])CCC.Cl.Cl.Cl. The van der Waals surface area contributed by atoms with Gasteiger partial charge in [-0.1, -0.05) is 0 Å². The molecule has 0 aliphatic rings. The molecule has 71 valence electrons. The van der Waals surface area contributed by atoms with Gasteiger partial charge in [0.2, 0.25) is 0 Å². The maximum absolute atomic E-state index is 2.36. The molecule has 0 saturated heterocycles. The zero-order valence-corrected chi connectivity index (χ0v) is 11.0. The van der Waals surface area contributed by atoms with Crippen molar-refractivity contribution >= 4 is 37.2 Å². The van der Waals surface area contributed by atoms with Crippen LogP contribution >= 0.6 is 37.2 Å². The summed E-state index contributed by atoms with van der Waals surface area (Å²) >= 11 is 2.17. The third-order valence-corrected chi connectivity index (χ3v) is 1.69. The maximum Gasteiger partial charge on any atom is -0.147 e. The first-order valence-corrected chi connectivity index (χ1v) is 3.97. The van der Waals surface area contributed by atoms with Gasteiger partial charge in [-0.05, 0) is 0 Å². The third-order valence-electron chi connectivity index (χ3n) is 0.987. The van der Waals surface area contributed by atoms with Crippen molar-refractivity contribution in [2.75, 3.05) is 13.1 Å². The molecule has 0 saturated carbocycles. The van der Waals surface area contributed by atoms with Crippen LogP contribution in [0.4, 0.5) is 0 Å². The van der Waals surface area contributed by atoms with Crippen LogP contribution in [0.1, 0.15) is 26.7 Å². The van der Waals surface area contributed by atoms with Crippen molar-refractivity contribution in [3.63, 3.8) is 0 Å². The topological polar surface area (TPSA) is 3.24 Å². The fourth-order valence-corrected chi connectivity index (χ4v) is 1.35. The van der Waals surface area contributed by atoms with Gasteiger partial charge >= 0.3 is 63.9 Å². The number of hydrogen-bond acceptors (Lipinski definition) is 1. The summed E-state index contributed by atoms with van der Waals surface area (Å²) in [7, 11) is 0. The van der Waals surface area contributed by atoms with Gasteiger partial charge in [0.15, 0.2) is 0 Å². The largest absolute Gasteiger partial charge is 0.147 e. The predicted molar refractivity (Wildman–Crippen MR) is 53.9 cm³/mol. The number of nitrogens with zero attached hydrogens (tertiary/aromatic N) is 1. The first kappa shape index (κ1) is 22.9. The van der Waals surface area contributed by atoms with E-state index in [1.807, 2.05) is 0 Å². The van der Waals surface area contributed by atoms with Gasteiger partial charge < -0.3 is 0 Å². The summed E-state index contributed by atoms with van der Waals surface area (Å²) in [5.74, 6) is 0. The van der Waals surface area contributed by atoms with Crippen molar-refractivity contribution < 1.29 is 20.7 Å². The second kappa shape index (κ2) is 17.6. The van der Waals surface area contributed by atoms with E-state index >= 15 is 0 Å². The van der Waals surface area contributed by atoms with Crippen molar-refractivity contribution in [2.45, 2.75) is 26.7 Å². The molecule has 0 unspecified atom stereocenters. The van der Waals surface area contributed by atoms with Crippen LogP contribution in [0.3, 0.4) is 0 Å². The van der Waals surface area contributed by atoms with Gasteiger partial charge in [0, 0.05) is 0 Å². The summed E-state index contributed by atoms with van der Waals surface area (Å²) < 4.78 is 2.36. The molecule has 0 aromatic carbocycles. The molecule has 0 amide bonds. The van der Waals surface area contributed by atoms with E-state index in [2.05, 4.69) is 37.9 Å². The second-order valence-corrected chi connectivity index (χ2v) is 2.97.